The predicted molar refractivity (Wildman–Crippen MR) is 130 cm³/mol. The Hall–Kier alpha value is -3.98. The Morgan fingerprint density at radius 1 is 1.12 bits per heavy atom. The molecule has 0 aliphatic carbocycles. The third-order valence-corrected chi connectivity index (χ3v) is 6.94. The van der Waals surface area contributed by atoms with Crippen LogP contribution in [-0.2, 0) is 11.3 Å². The number of fused-ring (bicyclic) bond motifs is 2. The molecule has 1 N–H and O–H groups in total. The van der Waals surface area contributed by atoms with Crippen LogP contribution in [0.25, 0.3) is 4.96 Å². The van der Waals surface area contributed by atoms with Crippen molar-refractivity contribution in [1.82, 2.24) is 14.7 Å². The number of nitrogens with one attached hydrogen (secondary N) is 1. The fourth-order valence-electron chi connectivity index (χ4n) is 3.93. The number of ether oxygens (including phenoxy) is 1. The molecule has 1 unspecified atom stereocenters. The van der Waals surface area contributed by atoms with E-state index in [-0.39, 0.29) is 18.0 Å². The van der Waals surface area contributed by atoms with Crippen LogP contribution in [0, 0.1) is 13.8 Å². The number of hydrogen-bond donors (Lipinski definition) is 1. The summed E-state index contributed by atoms with van der Waals surface area (Å²) in [7, 11) is 0. The van der Waals surface area contributed by atoms with Crippen LogP contribution < -0.4 is 20.5 Å². The highest BCUT2D eigenvalue weighted by atomic mass is 32.1. The molecule has 5 rings (SSSR count). The van der Waals surface area contributed by atoms with Crippen molar-refractivity contribution in [2.75, 3.05) is 11.4 Å². The topological polar surface area (TPSA) is 93.0 Å². The lowest BCUT2D eigenvalue weighted by atomic mass is 10.1. The van der Waals surface area contributed by atoms with E-state index < -0.39 is 17.6 Å². The van der Waals surface area contributed by atoms with Gasteiger partial charge in [0.15, 0.2) is 11.1 Å². The summed E-state index contributed by atoms with van der Waals surface area (Å²) in [6.45, 7) is 4.05. The molecule has 3 heterocycles. The molecule has 1 atom stereocenters. The van der Waals surface area contributed by atoms with E-state index in [1.165, 1.54) is 26.8 Å². The normalized spacial score (nSPS) is 15.0. The van der Waals surface area contributed by atoms with Gasteiger partial charge in [0.2, 0.25) is 0 Å². The van der Waals surface area contributed by atoms with Gasteiger partial charge in [-0.25, -0.2) is 4.98 Å². The van der Waals surface area contributed by atoms with E-state index in [0.29, 0.717) is 22.9 Å². The zero-order valence-corrected chi connectivity index (χ0v) is 19.5. The summed E-state index contributed by atoms with van der Waals surface area (Å²) in [5.74, 6) is -0.462. The molecule has 2 aromatic carbocycles. The third-order valence-electron chi connectivity index (χ3n) is 5.87. The Balaban J connectivity index is 1.45. The molecule has 34 heavy (non-hydrogen) atoms. The second-order valence-electron chi connectivity index (χ2n) is 8.03. The minimum Gasteiger partial charge on any atom is -0.477 e. The lowest BCUT2D eigenvalue weighted by molar-refractivity contribution is -0.127. The van der Waals surface area contributed by atoms with Gasteiger partial charge in [0, 0.05) is 23.3 Å². The van der Waals surface area contributed by atoms with Gasteiger partial charge in [0.1, 0.15) is 11.3 Å². The molecule has 2 amide bonds. The number of benzene rings is 2. The van der Waals surface area contributed by atoms with Crippen molar-refractivity contribution >= 4 is 33.8 Å². The summed E-state index contributed by atoms with van der Waals surface area (Å²) in [6, 6.07) is 16.5. The van der Waals surface area contributed by atoms with Crippen LogP contribution in [0.3, 0.4) is 0 Å². The lowest BCUT2D eigenvalue weighted by Crippen LogP contribution is -2.51. The summed E-state index contributed by atoms with van der Waals surface area (Å²) in [5.41, 5.74) is 1.73. The van der Waals surface area contributed by atoms with Crippen LogP contribution in [0.2, 0.25) is 0 Å². The minimum atomic E-state index is -0.924. The fraction of sp³-hybridized carbons (Fsp3) is 0.200. The smallest absolute Gasteiger partial charge is 0.271 e. The summed E-state index contributed by atoms with van der Waals surface area (Å²) < 4.78 is 7.38. The van der Waals surface area contributed by atoms with Crippen molar-refractivity contribution in [1.29, 1.82) is 0 Å². The zero-order chi connectivity index (χ0) is 23.8. The van der Waals surface area contributed by atoms with E-state index in [0.717, 1.165) is 16.1 Å². The molecule has 8 nitrogen and oxygen atoms in total. The first-order valence-electron chi connectivity index (χ1n) is 10.8. The fourth-order valence-corrected chi connectivity index (χ4v) is 4.86. The van der Waals surface area contributed by atoms with Gasteiger partial charge in [-0.3, -0.25) is 18.8 Å². The highest BCUT2D eigenvalue weighted by Crippen LogP contribution is 2.34. The van der Waals surface area contributed by atoms with E-state index in [1.54, 1.807) is 24.3 Å². The zero-order valence-electron chi connectivity index (χ0n) is 18.6. The largest absolute Gasteiger partial charge is 0.477 e. The highest BCUT2D eigenvalue weighted by molar-refractivity contribution is 7.17. The van der Waals surface area contributed by atoms with Gasteiger partial charge >= 0.3 is 0 Å². The molecule has 9 heteroatoms. The summed E-state index contributed by atoms with van der Waals surface area (Å²) in [5, 5.41) is 2.87. The molecule has 2 aromatic heterocycles. The van der Waals surface area contributed by atoms with Crippen molar-refractivity contribution in [2.24, 2.45) is 0 Å². The Morgan fingerprint density at radius 3 is 2.65 bits per heavy atom. The van der Waals surface area contributed by atoms with Gasteiger partial charge in [0.25, 0.3) is 17.4 Å². The first kappa shape index (κ1) is 21.8. The molecular weight excluding hydrogens is 452 g/mol. The Kier molecular flexibility index (Phi) is 5.62. The Bertz CT molecular complexity index is 1460. The molecular formula is C25H22N4O4S. The van der Waals surface area contributed by atoms with Gasteiger partial charge in [0.05, 0.1) is 12.2 Å². The molecule has 172 valence electrons. The maximum absolute atomic E-state index is 13.6. The number of rotatable bonds is 4. The van der Waals surface area contributed by atoms with Crippen molar-refractivity contribution in [3.63, 3.8) is 0 Å². The number of hydrogen-bond acceptors (Lipinski definition) is 6. The van der Waals surface area contributed by atoms with Gasteiger partial charge in [-0.05, 0) is 31.5 Å². The molecule has 0 saturated carbocycles. The van der Waals surface area contributed by atoms with Crippen LogP contribution in [0.1, 0.15) is 26.5 Å². The third kappa shape index (κ3) is 3.84. The molecule has 1 aliphatic rings. The second kappa shape index (κ2) is 8.75. The van der Waals surface area contributed by atoms with Crippen LogP contribution in [0.4, 0.5) is 5.69 Å². The highest BCUT2D eigenvalue weighted by Gasteiger charge is 2.35. The van der Waals surface area contributed by atoms with E-state index in [9.17, 15) is 14.4 Å². The van der Waals surface area contributed by atoms with Crippen LogP contribution in [-0.4, -0.2) is 33.8 Å². The molecule has 4 aromatic rings. The van der Waals surface area contributed by atoms with Crippen molar-refractivity contribution < 1.29 is 14.3 Å². The number of amides is 2. The molecule has 0 saturated heterocycles. The Morgan fingerprint density at radius 2 is 1.85 bits per heavy atom. The number of carbonyl (C=O) groups excluding carboxylic acids is 2. The number of para-hydroxylation sites is 2. The van der Waals surface area contributed by atoms with Crippen LogP contribution in [0.5, 0.6) is 5.75 Å². The van der Waals surface area contributed by atoms with E-state index in [4.69, 9.17) is 4.74 Å². The lowest BCUT2D eigenvalue weighted by Gasteiger charge is -2.34. The predicted octanol–water partition coefficient (Wildman–Crippen LogP) is 3.10. The van der Waals surface area contributed by atoms with E-state index >= 15 is 0 Å². The molecule has 1 aliphatic heterocycles. The minimum absolute atomic E-state index is 0.0275. The first-order chi connectivity index (χ1) is 16.4. The average molecular weight is 475 g/mol. The van der Waals surface area contributed by atoms with Crippen LogP contribution in [0.15, 0.2) is 65.6 Å². The SMILES string of the molecule is Cc1sc2ncc(C(=O)N3CC(C(=O)NCc4ccccc4)Oc4ccccc43)c(=O)n2c1C. The number of aryl methyl sites for hydroxylation is 2. The number of nitrogens with zero attached hydrogens (tertiary/aromatic N) is 3. The van der Waals surface area contributed by atoms with E-state index in [1.807, 2.05) is 44.2 Å². The van der Waals surface area contributed by atoms with Crippen LogP contribution >= 0.6 is 11.3 Å². The molecule has 0 bridgehead atoms. The number of thiazole rings is 1. The quantitative estimate of drug-likeness (QED) is 0.491. The molecule has 0 fully saturated rings. The van der Waals surface area contributed by atoms with Gasteiger partial charge < -0.3 is 15.0 Å². The monoisotopic (exact) mass is 474 g/mol. The molecule has 0 radical (unpaired) electrons. The average Bonchev–Trinajstić information content (AvgIpc) is 3.16. The first-order valence-corrected chi connectivity index (χ1v) is 11.6. The van der Waals surface area contributed by atoms with Crippen molar-refractivity contribution in [3.8, 4) is 5.75 Å². The standard InChI is InChI=1S/C25H22N4O4S/c1-15-16(2)34-25-27-13-18(24(32)29(15)25)23(31)28-14-21(33-20-11-7-6-10-19(20)28)22(30)26-12-17-8-4-3-5-9-17/h3-11,13,21H,12,14H2,1-2H3,(H,26,30). The molecule has 0 spiro atoms. The van der Waals surface area contributed by atoms with Crippen molar-refractivity contribution in [3.05, 3.63) is 92.8 Å². The van der Waals surface area contributed by atoms with Gasteiger partial charge in [-0.1, -0.05) is 42.5 Å². The summed E-state index contributed by atoms with van der Waals surface area (Å²) >= 11 is 1.40. The van der Waals surface area contributed by atoms with E-state index in [2.05, 4.69) is 10.3 Å². The van der Waals surface area contributed by atoms with Crippen molar-refractivity contribution in [2.45, 2.75) is 26.5 Å². The Labute approximate surface area is 199 Å². The number of carbonyl (C=O) groups is 2. The van der Waals surface area contributed by atoms with Gasteiger partial charge in [-0.15, -0.1) is 11.3 Å². The number of anilines is 1. The summed E-state index contributed by atoms with van der Waals surface area (Å²) in [6.07, 6.45) is 0.393. The summed E-state index contributed by atoms with van der Waals surface area (Å²) in [4.78, 5) is 47.0. The number of aromatic nitrogens is 2. The van der Waals surface area contributed by atoms with Gasteiger partial charge in [-0.2, -0.15) is 0 Å². The second-order valence-corrected chi connectivity index (χ2v) is 9.21. The maximum Gasteiger partial charge on any atom is 0.271 e. The maximum atomic E-state index is 13.6.